The first kappa shape index (κ1) is 15.2. The van der Waals surface area contributed by atoms with E-state index in [4.69, 9.17) is 5.84 Å². The lowest BCUT2D eigenvalue weighted by molar-refractivity contribution is -0.384. The van der Waals surface area contributed by atoms with Crippen molar-refractivity contribution in [2.45, 2.75) is 12.7 Å². The fraction of sp³-hybridized carbons (Fsp3) is 0.400. The SMILES string of the molecule is CN(Cc1ccc(NN)c([N+](=O)[O-])c1)CC(F)(F)F. The number of nitrogens with zero attached hydrogens (tertiary/aromatic N) is 2. The van der Waals surface area contributed by atoms with E-state index in [-0.39, 0.29) is 17.9 Å². The van der Waals surface area contributed by atoms with Gasteiger partial charge in [0.25, 0.3) is 5.69 Å². The summed E-state index contributed by atoms with van der Waals surface area (Å²) in [5, 5.41) is 10.8. The van der Waals surface area contributed by atoms with Crippen LogP contribution < -0.4 is 11.3 Å². The lowest BCUT2D eigenvalue weighted by atomic mass is 10.1. The number of nitrogens with one attached hydrogen (secondary N) is 1. The second-order valence-electron chi connectivity index (χ2n) is 4.04. The van der Waals surface area contributed by atoms with Gasteiger partial charge >= 0.3 is 6.18 Å². The second kappa shape index (κ2) is 5.85. The summed E-state index contributed by atoms with van der Waals surface area (Å²) in [5.41, 5.74) is 2.39. The molecule has 0 aliphatic carbocycles. The van der Waals surface area contributed by atoms with Crippen LogP contribution in [-0.2, 0) is 6.54 Å². The standard InChI is InChI=1S/C10H13F3N4O2/c1-16(6-10(11,12)13)5-7-2-3-8(15-14)9(4-7)17(18)19/h2-4,15H,5-6,14H2,1H3. The topological polar surface area (TPSA) is 84.4 Å². The van der Waals surface area contributed by atoms with Crippen molar-refractivity contribution in [2.75, 3.05) is 19.0 Å². The Kier molecular flexibility index (Phi) is 4.67. The molecule has 0 aliphatic heterocycles. The molecule has 0 unspecified atom stereocenters. The third kappa shape index (κ3) is 4.72. The van der Waals surface area contributed by atoms with Crippen LogP contribution in [0.2, 0.25) is 0 Å². The number of benzene rings is 1. The van der Waals surface area contributed by atoms with Gasteiger partial charge in [-0.15, -0.1) is 0 Å². The zero-order chi connectivity index (χ0) is 14.6. The number of alkyl halides is 3. The molecule has 9 heteroatoms. The van der Waals surface area contributed by atoms with Crippen molar-refractivity contribution in [3.8, 4) is 0 Å². The number of hydrazine groups is 1. The number of nitro groups is 1. The summed E-state index contributed by atoms with van der Waals surface area (Å²) in [7, 11) is 1.29. The number of hydrogen-bond acceptors (Lipinski definition) is 5. The lowest BCUT2D eigenvalue weighted by Crippen LogP contribution is -2.30. The van der Waals surface area contributed by atoms with Crippen molar-refractivity contribution in [2.24, 2.45) is 5.84 Å². The van der Waals surface area contributed by atoms with E-state index in [1.165, 1.54) is 25.2 Å². The van der Waals surface area contributed by atoms with Crippen molar-refractivity contribution >= 4 is 11.4 Å². The van der Waals surface area contributed by atoms with E-state index in [0.717, 1.165) is 4.90 Å². The van der Waals surface area contributed by atoms with Crippen molar-refractivity contribution in [3.05, 3.63) is 33.9 Å². The van der Waals surface area contributed by atoms with Crippen LogP contribution >= 0.6 is 0 Å². The van der Waals surface area contributed by atoms with Crippen LogP contribution in [0.1, 0.15) is 5.56 Å². The highest BCUT2D eigenvalue weighted by molar-refractivity contribution is 5.61. The van der Waals surface area contributed by atoms with Gasteiger partial charge in [0.05, 0.1) is 11.5 Å². The minimum atomic E-state index is -4.31. The number of nitro benzene ring substituents is 1. The van der Waals surface area contributed by atoms with E-state index in [9.17, 15) is 23.3 Å². The van der Waals surface area contributed by atoms with Gasteiger partial charge in [0.1, 0.15) is 5.69 Å². The van der Waals surface area contributed by atoms with E-state index in [1.807, 2.05) is 0 Å². The largest absolute Gasteiger partial charge is 0.401 e. The van der Waals surface area contributed by atoms with Gasteiger partial charge in [-0.1, -0.05) is 6.07 Å². The third-order valence-electron chi connectivity index (χ3n) is 2.32. The number of rotatable bonds is 5. The van der Waals surface area contributed by atoms with Crippen LogP contribution in [0.3, 0.4) is 0 Å². The van der Waals surface area contributed by atoms with Crippen LogP contribution in [0.15, 0.2) is 18.2 Å². The van der Waals surface area contributed by atoms with Gasteiger partial charge in [-0.3, -0.25) is 20.9 Å². The number of nitrogens with two attached hydrogens (primary N) is 1. The van der Waals surface area contributed by atoms with E-state index in [0.29, 0.717) is 5.56 Å². The Morgan fingerprint density at radius 2 is 2.11 bits per heavy atom. The summed E-state index contributed by atoms with van der Waals surface area (Å²) in [5.74, 6) is 5.11. The Hall–Kier alpha value is -1.87. The van der Waals surface area contributed by atoms with Crippen LogP contribution in [-0.4, -0.2) is 29.6 Å². The lowest BCUT2D eigenvalue weighted by Gasteiger charge is -2.18. The molecule has 0 saturated heterocycles. The first-order chi connectivity index (χ1) is 8.73. The Bertz CT molecular complexity index is 465. The number of anilines is 1. The molecule has 1 aromatic carbocycles. The highest BCUT2D eigenvalue weighted by Gasteiger charge is 2.29. The molecule has 0 aromatic heterocycles. The van der Waals surface area contributed by atoms with Crippen LogP contribution in [0, 0.1) is 10.1 Å². The van der Waals surface area contributed by atoms with E-state index in [1.54, 1.807) is 0 Å². The van der Waals surface area contributed by atoms with Gasteiger partial charge < -0.3 is 5.43 Å². The molecule has 0 saturated carbocycles. The maximum Gasteiger partial charge on any atom is 0.401 e. The fourth-order valence-corrected chi connectivity index (χ4v) is 1.62. The van der Waals surface area contributed by atoms with E-state index >= 15 is 0 Å². The Morgan fingerprint density at radius 1 is 1.47 bits per heavy atom. The molecular formula is C10H13F3N4O2. The number of hydrogen-bond donors (Lipinski definition) is 2. The third-order valence-corrected chi connectivity index (χ3v) is 2.32. The highest BCUT2D eigenvalue weighted by atomic mass is 19.4. The molecule has 19 heavy (non-hydrogen) atoms. The Morgan fingerprint density at radius 3 is 2.58 bits per heavy atom. The maximum absolute atomic E-state index is 12.2. The van der Waals surface area contributed by atoms with Gasteiger partial charge in [0.15, 0.2) is 0 Å². The highest BCUT2D eigenvalue weighted by Crippen LogP contribution is 2.25. The molecule has 0 spiro atoms. The molecule has 0 heterocycles. The van der Waals surface area contributed by atoms with Gasteiger partial charge in [-0.2, -0.15) is 13.2 Å². The van der Waals surface area contributed by atoms with Gasteiger partial charge in [0.2, 0.25) is 0 Å². The quantitative estimate of drug-likeness (QED) is 0.488. The first-order valence-corrected chi connectivity index (χ1v) is 5.22. The minimum absolute atomic E-state index is 0.0504. The fourth-order valence-electron chi connectivity index (χ4n) is 1.62. The molecule has 0 atom stereocenters. The van der Waals surface area contributed by atoms with Crippen LogP contribution in [0.25, 0.3) is 0 Å². The van der Waals surface area contributed by atoms with Gasteiger partial charge in [0, 0.05) is 12.6 Å². The summed E-state index contributed by atoms with van der Waals surface area (Å²) in [6.07, 6.45) is -4.31. The Balaban J connectivity index is 2.85. The predicted molar refractivity (Wildman–Crippen MR) is 63.3 cm³/mol. The average Bonchev–Trinajstić information content (AvgIpc) is 2.26. The molecule has 3 N–H and O–H groups in total. The van der Waals surface area contributed by atoms with E-state index < -0.39 is 17.6 Å². The summed E-state index contributed by atoms with van der Waals surface area (Å²) in [6.45, 7) is -1.14. The monoisotopic (exact) mass is 278 g/mol. The predicted octanol–water partition coefficient (Wildman–Crippen LogP) is 1.87. The summed E-state index contributed by atoms with van der Waals surface area (Å²) in [4.78, 5) is 11.1. The molecule has 0 fully saturated rings. The minimum Gasteiger partial charge on any atom is -0.318 e. The second-order valence-corrected chi connectivity index (χ2v) is 4.04. The molecule has 106 valence electrons. The molecular weight excluding hydrogens is 265 g/mol. The van der Waals surface area contributed by atoms with Crippen molar-refractivity contribution in [3.63, 3.8) is 0 Å². The molecule has 0 radical (unpaired) electrons. The molecule has 0 amide bonds. The first-order valence-electron chi connectivity index (χ1n) is 5.22. The average molecular weight is 278 g/mol. The Labute approximate surface area is 107 Å². The summed E-state index contributed by atoms with van der Waals surface area (Å²) in [6, 6.07) is 4.03. The molecule has 0 aliphatic rings. The van der Waals surface area contributed by atoms with Crippen LogP contribution in [0.4, 0.5) is 24.5 Å². The summed E-state index contributed by atoms with van der Waals surface area (Å²) < 4.78 is 36.5. The zero-order valence-corrected chi connectivity index (χ0v) is 10.1. The van der Waals surface area contributed by atoms with Crippen LogP contribution in [0.5, 0.6) is 0 Å². The van der Waals surface area contributed by atoms with Gasteiger partial charge in [-0.25, -0.2) is 0 Å². The molecule has 1 rings (SSSR count). The van der Waals surface area contributed by atoms with Crippen molar-refractivity contribution < 1.29 is 18.1 Å². The smallest absolute Gasteiger partial charge is 0.318 e. The van der Waals surface area contributed by atoms with Crippen molar-refractivity contribution in [1.29, 1.82) is 0 Å². The van der Waals surface area contributed by atoms with Gasteiger partial charge in [-0.05, 0) is 18.7 Å². The van der Waals surface area contributed by atoms with E-state index in [2.05, 4.69) is 5.43 Å². The molecule has 1 aromatic rings. The molecule has 6 nitrogen and oxygen atoms in total. The van der Waals surface area contributed by atoms with Crippen molar-refractivity contribution in [1.82, 2.24) is 4.90 Å². The number of halogens is 3. The number of nitrogen functional groups attached to an aromatic ring is 1. The summed E-state index contributed by atoms with van der Waals surface area (Å²) >= 11 is 0. The zero-order valence-electron chi connectivity index (χ0n) is 10.1. The molecule has 0 bridgehead atoms. The maximum atomic E-state index is 12.2. The normalized spacial score (nSPS) is 11.7.